The number of nitrogens with one attached hydrogen (secondary N) is 1. The first kappa shape index (κ1) is 16.3. The summed E-state index contributed by atoms with van der Waals surface area (Å²) < 4.78 is 5.60. The number of fused-ring (bicyclic) bond motifs is 1. The molecule has 0 aliphatic heterocycles. The van der Waals surface area contributed by atoms with Crippen molar-refractivity contribution in [2.24, 2.45) is 0 Å². The predicted octanol–water partition coefficient (Wildman–Crippen LogP) is 4.77. The van der Waals surface area contributed by atoms with Gasteiger partial charge in [-0.1, -0.05) is 72.2 Å². The lowest BCUT2D eigenvalue weighted by molar-refractivity contribution is 0.459. The summed E-state index contributed by atoms with van der Waals surface area (Å²) in [6.07, 6.45) is 0.745. The Labute approximate surface area is 152 Å². The molecular formula is C21H20N4O. The van der Waals surface area contributed by atoms with E-state index in [9.17, 15) is 0 Å². The van der Waals surface area contributed by atoms with E-state index in [1.54, 1.807) is 0 Å². The molecule has 0 saturated heterocycles. The van der Waals surface area contributed by atoms with E-state index in [4.69, 9.17) is 4.52 Å². The Kier molecular flexibility index (Phi) is 4.35. The lowest BCUT2D eigenvalue weighted by Gasteiger charge is -2.07. The monoisotopic (exact) mass is 344 g/mol. The highest BCUT2D eigenvalue weighted by molar-refractivity contribution is 5.93. The van der Waals surface area contributed by atoms with Crippen molar-refractivity contribution in [3.63, 3.8) is 0 Å². The molecule has 26 heavy (non-hydrogen) atoms. The van der Waals surface area contributed by atoms with Crippen molar-refractivity contribution in [1.29, 1.82) is 0 Å². The molecule has 4 rings (SSSR count). The van der Waals surface area contributed by atoms with Crippen molar-refractivity contribution in [2.45, 2.75) is 26.8 Å². The van der Waals surface area contributed by atoms with Gasteiger partial charge in [0, 0.05) is 18.5 Å². The summed E-state index contributed by atoms with van der Waals surface area (Å²) in [5, 5.41) is 7.63. The fraction of sp³-hybridized carbons (Fsp3) is 0.190. The smallest absolute Gasteiger partial charge is 0.228 e. The molecule has 0 fully saturated rings. The number of hydrogen-bond donors (Lipinski definition) is 1. The van der Waals surface area contributed by atoms with Gasteiger partial charge in [-0.25, -0.2) is 9.97 Å². The van der Waals surface area contributed by atoms with Crippen LogP contribution in [0.3, 0.4) is 0 Å². The summed E-state index contributed by atoms with van der Waals surface area (Å²) in [6, 6.07) is 18.4. The first-order valence-corrected chi connectivity index (χ1v) is 8.75. The lowest BCUT2D eigenvalue weighted by Crippen LogP contribution is -2.05. The van der Waals surface area contributed by atoms with Crippen LogP contribution in [0.4, 0.5) is 5.82 Å². The number of rotatable bonds is 5. The molecule has 4 aromatic rings. The molecule has 0 spiro atoms. The number of anilines is 1. The summed E-state index contributed by atoms with van der Waals surface area (Å²) in [4.78, 5) is 9.25. The molecule has 130 valence electrons. The number of hydrogen-bond acceptors (Lipinski definition) is 5. The number of benzene rings is 2. The van der Waals surface area contributed by atoms with E-state index in [0.717, 1.165) is 29.0 Å². The van der Waals surface area contributed by atoms with Gasteiger partial charge in [-0.3, -0.25) is 0 Å². The number of nitrogens with zero attached hydrogens (tertiary/aromatic N) is 3. The second-order valence-electron chi connectivity index (χ2n) is 6.26. The highest BCUT2D eigenvalue weighted by Gasteiger charge is 2.17. The normalized spacial score (nSPS) is 11.0. The Balaban J connectivity index is 1.72. The molecule has 0 bridgehead atoms. The van der Waals surface area contributed by atoms with Gasteiger partial charge in [-0.05, 0) is 12.5 Å². The summed E-state index contributed by atoms with van der Waals surface area (Å²) in [5.74, 6) is 1.45. The third-order valence-corrected chi connectivity index (χ3v) is 4.31. The minimum absolute atomic E-state index is 0.591. The first-order chi connectivity index (χ1) is 12.7. The maximum atomic E-state index is 5.60. The summed E-state index contributed by atoms with van der Waals surface area (Å²) in [6.45, 7) is 4.79. The van der Waals surface area contributed by atoms with Gasteiger partial charge in [0.2, 0.25) is 5.58 Å². The zero-order valence-electron chi connectivity index (χ0n) is 14.9. The van der Waals surface area contributed by atoms with Gasteiger partial charge in [0.05, 0.1) is 0 Å². The molecule has 0 aliphatic carbocycles. The zero-order valence-corrected chi connectivity index (χ0v) is 14.9. The summed E-state index contributed by atoms with van der Waals surface area (Å²) in [7, 11) is 0. The second-order valence-corrected chi connectivity index (χ2v) is 6.26. The Morgan fingerprint density at radius 3 is 2.46 bits per heavy atom. The van der Waals surface area contributed by atoms with E-state index in [1.165, 1.54) is 11.1 Å². The molecule has 1 N–H and O–H groups in total. The lowest BCUT2D eigenvalue weighted by atomic mass is 10.1. The van der Waals surface area contributed by atoms with Crippen molar-refractivity contribution in [3.05, 3.63) is 71.5 Å². The summed E-state index contributed by atoms with van der Waals surface area (Å²) in [5.41, 5.74) is 5.49. The van der Waals surface area contributed by atoms with Crippen molar-refractivity contribution in [2.75, 3.05) is 5.32 Å². The third-order valence-electron chi connectivity index (χ3n) is 4.31. The Morgan fingerprint density at radius 2 is 1.73 bits per heavy atom. The van der Waals surface area contributed by atoms with Gasteiger partial charge >= 0.3 is 0 Å². The zero-order chi connectivity index (χ0) is 17.9. The molecule has 2 heterocycles. The summed E-state index contributed by atoms with van der Waals surface area (Å²) >= 11 is 0. The highest BCUT2D eigenvalue weighted by Crippen LogP contribution is 2.30. The molecule has 0 radical (unpaired) electrons. The van der Waals surface area contributed by atoms with Gasteiger partial charge in [0.15, 0.2) is 5.82 Å². The van der Waals surface area contributed by atoms with Crippen LogP contribution in [-0.4, -0.2) is 15.1 Å². The Hall–Kier alpha value is -3.21. The standard InChI is InChI=1S/C21H20N4O/c1-3-17-23-19-18(16-7-5-4-6-8-16)25-26-20(19)21(24-17)22-13-15-11-9-14(2)10-12-15/h4-12H,3,13H2,1-2H3,(H,22,23,24). The Morgan fingerprint density at radius 1 is 0.962 bits per heavy atom. The van der Waals surface area contributed by atoms with Crippen molar-refractivity contribution < 1.29 is 4.52 Å². The largest absolute Gasteiger partial charge is 0.363 e. The van der Waals surface area contributed by atoms with Gasteiger partial charge in [-0.15, -0.1) is 0 Å². The molecule has 2 aromatic carbocycles. The quantitative estimate of drug-likeness (QED) is 0.565. The van der Waals surface area contributed by atoms with Crippen LogP contribution in [0.5, 0.6) is 0 Å². The van der Waals surface area contributed by atoms with E-state index in [0.29, 0.717) is 17.9 Å². The number of aryl methyl sites for hydroxylation is 2. The van der Waals surface area contributed by atoms with Crippen LogP contribution in [0.2, 0.25) is 0 Å². The number of aromatic nitrogens is 3. The first-order valence-electron chi connectivity index (χ1n) is 8.75. The fourth-order valence-electron chi connectivity index (χ4n) is 2.83. The third kappa shape index (κ3) is 3.16. The van der Waals surface area contributed by atoms with Crippen LogP contribution in [-0.2, 0) is 13.0 Å². The average molecular weight is 344 g/mol. The van der Waals surface area contributed by atoms with E-state index >= 15 is 0 Å². The molecule has 0 aliphatic rings. The van der Waals surface area contributed by atoms with Gasteiger partial charge < -0.3 is 9.84 Å². The SMILES string of the molecule is CCc1nc(NCc2ccc(C)cc2)c2onc(-c3ccccc3)c2n1. The molecule has 0 saturated carbocycles. The average Bonchev–Trinajstić information content (AvgIpc) is 3.12. The molecule has 5 heteroatoms. The maximum absolute atomic E-state index is 5.60. The molecule has 0 atom stereocenters. The van der Waals surface area contributed by atoms with Crippen LogP contribution in [0.1, 0.15) is 23.9 Å². The van der Waals surface area contributed by atoms with Gasteiger partial charge in [0.1, 0.15) is 17.0 Å². The molecule has 0 amide bonds. The van der Waals surface area contributed by atoms with Crippen molar-refractivity contribution in [1.82, 2.24) is 15.1 Å². The van der Waals surface area contributed by atoms with Crippen LogP contribution < -0.4 is 5.32 Å². The van der Waals surface area contributed by atoms with Crippen LogP contribution in [0.15, 0.2) is 59.1 Å². The van der Waals surface area contributed by atoms with Crippen LogP contribution in [0, 0.1) is 6.92 Å². The van der Waals surface area contributed by atoms with E-state index < -0.39 is 0 Å². The second kappa shape index (κ2) is 6.96. The van der Waals surface area contributed by atoms with Crippen LogP contribution >= 0.6 is 0 Å². The topological polar surface area (TPSA) is 63.8 Å². The van der Waals surface area contributed by atoms with Crippen molar-refractivity contribution >= 4 is 16.9 Å². The molecular weight excluding hydrogens is 324 g/mol. The molecule has 0 unspecified atom stereocenters. The van der Waals surface area contributed by atoms with E-state index in [2.05, 4.69) is 51.6 Å². The minimum atomic E-state index is 0.591. The van der Waals surface area contributed by atoms with E-state index in [1.807, 2.05) is 37.3 Å². The van der Waals surface area contributed by atoms with Gasteiger partial charge in [-0.2, -0.15) is 0 Å². The van der Waals surface area contributed by atoms with Gasteiger partial charge in [0.25, 0.3) is 0 Å². The van der Waals surface area contributed by atoms with Crippen molar-refractivity contribution in [3.8, 4) is 11.3 Å². The predicted molar refractivity (Wildman–Crippen MR) is 103 cm³/mol. The van der Waals surface area contributed by atoms with Crippen LogP contribution in [0.25, 0.3) is 22.4 Å². The molecule has 2 aromatic heterocycles. The Bertz CT molecular complexity index is 1020. The van der Waals surface area contributed by atoms with E-state index in [-0.39, 0.29) is 0 Å². The minimum Gasteiger partial charge on any atom is -0.363 e. The highest BCUT2D eigenvalue weighted by atomic mass is 16.5. The molecule has 5 nitrogen and oxygen atoms in total. The maximum Gasteiger partial charge on any atom is 0.228 e. The fourth-order valence-corrected chi connectivity index (χ4v) is 2.83.